The molecule has 1 aromatic carbocycles. The van der Waals surface area contributed by atoms with Crippen LogP contribution >= 0.6 is 11.3 Å². The normalized spacial score (nSPS) is 10.5. The van der Waals surface area contributed by atoms with Gasteiger partial charge in [0.25, 0.3) is 5.91 Å². The second-order valence-corrected chi connectivity index (χ2v) is 7.75. The number of H-pyrrole nitrogens is 1. The number of hydrazine groups is 1. The van der Waals surface area contributed by atoms with Crippen LogP contribution in [0.2, 0.25) is 0 Å². The van der Waals surface area contributed by atoms with Gasteiger partial charge in [-0.2, -0.15) is 5.10 Å². The van der Waals surface area contributed by atoms with Gasteiger partial charge in [0.05, 0.1) is 5.69 Å². The summed E-state index contributed by atoms with van der Waals surface area (Å²) in [5, 5.41) is 6.74. The molecule has 0 unspecified atom stereocenters. The Kier molecular flexibility index (Phi) is 6.00. The Morgan fingerprint density at radius 3 is 2.46 bits per heavy atom. The minimum atomic E-state index is -0.515. The van der Waals surface area contributed by atoms with Gasteiger partial charge in [0.2, 0.25) is 5.91 Å². The first-order chi connectivity index (χ1) is 13.4. The van der Waals surface area contributed by atoms with Crippen LogP contribution in [-0.2, 0) is 4.79 Å². The fourth-order valence-corrected chi connectivity index (χ4v) is 3.66. The Bertz CT molecular complexity index is 1010. The number of Topliss-reactive ketones (excluding diaryl/α,β-unsaturated/α-hetero) is 1. The molecule has 2 amide bonds. The quantitative estimate of drug-likeness (QED) is 0.440. The van der Waals surface area contributed by atoms with Crippen LogP contribution in [0.1, 0.15) is 43.4 Å². The highest BCUT2D eigenvalue weighted by Gasteiger charge is 2.15. The molecule has 0 aliphatic carbocycles. The van der Waals surface area contributed by atoms with Crippen molar-refractivity contribution >= 4 is 28.9 Å². The van der Waals surface area contributed by atoms with E-state index in [1.807, 2.05) is 50.2 Å². The predicted octanol–water partition coefficient (Wildman–Crippen LogP) is 3.18. The van der Waals surface area contributed by atoms with Crippen molar-refractivity contribution in [2.45, 2.75) is 26.7 Å². The molecule has 0 aliphatic heterocycles. The molecule has 144 valence electrons. The number of hydrogen-bond donors (Lipinski definition) is 3. The Hall–Kier alpha value is -3.26. The van der Waals surface area contributed by atoms with Gasteiger partial charge in [0.1, 0.15) is 5.69 Å². The number of amides is 2. The Morgan fingerprint density at radius 2 is 1.79 bits per heavy atom. The molecule has 2 aromatic heterocycles. The smallest absolute Gasteiger partial charge is 0.287 e. The van der Waals surface area contributed by atoms with E-state index in [1.165, 1.54) is 0 Å². The van der Waals surface area contributed by atoms with E-state index < -0.39 is 11.8 Å². The number of aromatic nitrogens is 2. The summed E-state index contributed by atoms with van der Waals surface area (Å²) in [7, 11) is 0. The van der Waals surface area contributed by atoms with Crippen molar-refractivity contribution in [2.24, 2.45) is 0 Å². The van der Waals surface area contributed by atoms with Crippen molar-refractivity contribution in [2.75, 3.05) is 0 Å². The van der Waals surface area contributed by atoms with Crippen LogP contribution in [0.25, 0.3) is 11.3 Å². The molecule has 3 aromatic rings. The van der Waals surface area contributed by atoms with Gasteiger partial charge < -0.3 is 0 Å². The summed E-state index contributed by atoms with van der Waals surface area (Å²) in [5.41, 5.74) is 7.03. The lowest BCUT2D eigenvalue weighted by atomic mass is 10.1. The van der Waals surface area contributed by atoms with Gasteiger partial charge in [-0.15, -0.1) is 11.3 Å². The monoisotopic (exact) mass is 396 g/mol. The first kappa shape index (κ1) is 19.5. The van der Waals surface area contributed by atoms with E-state index >= 15 is 0 Å². The maximum absolute atomic E-state index is 12.2. The third-order valence-corrected chi connectivity index (χ3v) is 5.09. The molecule has 0 spiro atoms. The van der Waals surface area contributed by atoms with Gasteiger partial charge in [-0.05, 0) is 26.0 Å². The number of carbonyl (C=O) groups is 3. The summed E-state index contributed by atoms with van der Waals surface area (Å²) < 4.78 is 0. The summed E-state index contributed by atoms with van der Waals surface area (Å²) in [4.78, 5) is 38.3. The van der Waals surface area contributed by atoms with Crippen molar-refractivity contribution in [3.8, 4) is 11.3 Å². The van der Waals surface area contributed by atoms with Crippen molar-refractivity contribution < 1.29 is 14.4 Å². The molecule has 0 fully saturated rings. The molecule has 0 atom stereocenters. The molecule has 8 heteroatoms. The van der Waals surface area contributed by atoms with Crippen molar-refractivity contribution in [1.29, 1.82) is 0 Å². The van der Waals surface area contributed by atoms with E-state index in [-0.39, 0.29) is 24.3 Å². The molecule has 0 bridgehead atoms. The molecule has 0 aliphatic rings. The predicted molar refractivity (Wildman–Crippen MR) is 107 cm³/mol. The third-order valence-electron chi connectivity index (χ3n) is 4.13. The first-order valence-corrected chi connectivity index (χ1v) is 9.56. The number of hydrogen-bond acceptors (Lipinski definition) is 5. The summed E-state index contributed by atoms with van der Waals surface area (Å²) in [6.07, 6.45) is 0.0760. The highest BCUT2D eigenvalue weighted by Crippen LogP contribution is 2.22. The zero-order valence-corrected chi connectivity index (χ0v) is 16.4. The minimum Gasteiger partial charge on any atom is -0.294 e. The van der Waals surface area contributed by atoms with Gasteiger partial charge in [-0.1, -0.05) is 30.3 Å². The Labute approximate surface area is 166 Å². The molecular formula is C20H20N4O3S. The lowest BCUT2D eigenvalue weighted by Crippen LogP contribution is -2.41. The largest absolute Gasteiger partial charge is 0.294 e. The standard InChI is InChI=1S/C20H20N4O3S/c1-12-10-15(13(2)28-12)18(25)8-9-19(26)23-24-20(27)17-11-16(21-22-17)14-6-4-3-5-7-14/h3-7,10-11H,8-9H2,1-2H3,(H,21,22)(H,23,26)(H,24,27). The van der Waals surface area contributed by atoms with E-state index in [4.69, 9.17) is 0 Å². The SMILES string of the molecule is Cc1cc(C(=O)CCC(=O)NNC(=O)c2cc(-c3ccccc3)n[nH]2)c(C)s1. The number of rotatable bonds is 6. The maximum atomic E-state index is 12.2. The van der Waals surface area contributed by atoms with E-state index in [0.717, 1.165) is 15.3 Å². The second-order valence-electron chi connectivity index (χ2n) is 6.29. The molecule has 7 nitrogen and oxygen atoms in total. The zero-order valence-electron chi connectivity index (χ0n) is 15.5. The molecule has 3 rings (SSSR count). The third kappa shape index (κ3) is 4.72. The van der Waals surface area contributed by atoms with Crippen LogP contribution in [0.4, 0.5) is 0 Å². The molecule has 0 radical (unpaired) electrons. The van der Waals surface area contributed by atoms with Crippen molar-refractivity contribution in [3.05, 3.63) is 63.5 Å². The minimum absolute atomic E-state index is 0.00824. The van der Waals surface area contributed by atoms with Crippen LogP contribution in [0, 0.1) is 13.8 Å². The first-order valence-electron chi connectivity index (χ1n) is 8.74. The van der Waals surface area contributed by atoms with Gasteiger partial charge in [-0.25, -0.2) is 0 Å². The molecular weight excluding hydrogens is 376 g/mol. The van der Waals surface area contributed by atoms with Crippen LogP contribution in [0.15, 0.2) is 42.5 Å². The van der Waals surface area contributed by atoms with Gasteiger partial charge in [-0.3, -0.25) is 30.3 Å². The van der Waals surface area contributed by atoms with Gasteiger partial charge in [0.15, 0.2) is 5.78 Å². The van der Waals surface area contributed by atoms with E-state index in [2.05, 4.69) is 21.0 Å². The zero-order chi connectivity index (χ0) is 20.1. The number of nitrogens with zero attached hydrogens (tertiary/aromatic N) is 1. The highest BCUT2D eigenvalue weighted by molar-refractivity contribution is 7.12. The number of benzene rings is 1. The summed E-state index contributed by atoms with van der Waals surface area (Å²) in [6, 6.07) is 12.9. The maximum Gasteiger partial charge on any atom is 0.287 e. The van der Waals surface area contributed by atoms with Gasteiger partial charge in [0, 0.05) is 33.7 Å². The highest BCUT2D eigenvalue weighted by atomic mass is 32.1. The van der Waals surface area contributed by atoms with Crippen LogP contribution in [0.3, 0.4) is 0 Å². The molecule has 0 saturated carbocycles. The summed E-state index contributed by atoms with van der Waals surface area (Å²) in [6.45, 7) is 3.83. The number of carbonyl (C=O) groups excluding carboxylic acids is 3. The molecule has 3 N–H and O–H groups in total. The topological polar surface area (TPSA) is 104 Å². The van der Waals surface area contributed by atoms with Crippen molar-refractivity contribution in [1.82, 2.24) is 21.0 Å². The number of aromatic amines is 1. The average molecular weight is 396 g/mol. The fourth-order valence-electron chi connectivity index (χ4n) is 2.72. The fraction of sp³-hybridized carbons (Fsp3) is 0.200. The average Bonchev–Trinajstić information content (AvgIpc) is 3.31. The molecule has 0 saturated heterocycles. The number of nitrogens with one attached hydrogen (secondary N) is 3. The summed E-state index contributed by atoms with van der Waals surface area (Å²) >= 11 is 1.56. The lowest BCUT2D eigenvalue weighted by molar-refractivity contribution is -0.121. The molecule has 2 heterocycles. The van der Waals surface area contributed by atoms with Crippen LogP contribution in [0.5, 0.6) is 0 Å². The lowest BCUT2D eigenvalue weighted by Gasteiger charge is -2.06. The van der Waals surface area contributed by atoms with E-state index in [9.17, 15) is 14.4 Å². The summed E-state index contributed by atoms with van der Waals surface area (Å²) in [5.74, 6) is -1.03. The molecule has 28 heavy (non-hydrogen) atoms. The Balaban J connectivity index is 1.48. The van der Waals surface area contributed by atoms with Gasteiger partial charge >= 0.3 is 0 Å². The number of ketones is 1. The number of thiophene rings is 1. The second kappa shape index (κ2) is 8.62. The van der Waals surface area contributed by atoms with Crippen LogP contribution < -0.4 is 10.9 Å². The van der Waals surface area contributed by atoms with Crippen molar-refractivity contribution in [3.63, 3.8) is 0 Å². The van der Waals surface area contributed by atoms with E-state index in [1.54, 1.807) is 17.4 Å². The Morgan fingerprint density at radius 1 is 1.04 bits per heavy atom. The van der Waals surface area contributed by atoms with E-state index in [0.29, 0.717) is 11.3 Å². The van der Waals surface area contributed by atoms with Crippen LogP contribution in [-0.4, -0.2) is 27.8 Å². The number of aryl methyl sites for hydroxylation is 2.